The third-order valence-electron chi connectivity index (χ3n) is 1.84. The maximum atomic E-state index is 12.6. The summed E-state index contributed by atoms with van der Waals surface area (Å²) in [6, 6.07) is 5.30. The molecule has 5 nitrogen and oxygen atoms in total. The molecule has 6 heteroatoms. The van der Waals surface area contributed by atoms with Crippen LogP contribution < -0.4 is 0 Å². The maximum absolute atomic E-state index is 12.6. The van der Waals surface area contributed by atoms with Crippen LogP contribution in [0.2, 0.25) is 0 Å². The van der Waals surface area contributed by atoms with Crippen molar-refractivity contribution in [1.29, 1.82) is 0 Å². The summed E-state index contributed by atoms with van der Waals surface area (Å²) in [7, 11) is 0. The summed E-state index contributed by atoms with van der Waals surface area (Å²) in [5.74, 6) is -1.53. The third kappa shape index (κ3) is 1.69. The Morgan fingerprint density at radius 3 is 2.60 bits per heavy atom. The number of carboxylic acids is 1. The van der Waals surface area contributed by atoms with Crippen LogP contribution in [0.5, 0.6) is 0 Å². The molecule has 1 N–H and O–H groups in total. The lowest BCUT2D eigenvalue weighted by atomic mass is 10.3. The van der Waals surface area contributed by atoms with Gasteiger partial charge in [0.2, 0.25) is 0 Å². The van der Waals surface area contributed by atoms with Crippen molar-refractivity contribution in [3.63, 3.8) is 0 Å². The first-order chi connectivity index (χ1) is 7.18. The number of nitrogens with zero attached hydrogens (tertiary/aromatic N) is 3. The van der Waals surface area contributed by atoms with E-state index in [0.29, 0.717) is 5.69 Å². The summed E-state index contributed by atoms with van der Waals surface area (Å²) < 4.78 is 13.8. The van der Waals surface area contributed by atoms with Crippen molar-refractivity contribution in [2.45, 2.75) is 0 Å². The summed E-state index contributed by atoms with van der Waals surface area (Å²) in [4.78, 5) is 10.7. The van der Waals surface area contributed by atoms with Gasteiger partial charge in [-0.1, -0.05) is 5.21 Å². The number of carboxylic acid groups (broad SMARTS) is 1. The van der Waals surface area contributed by atoms with Crippen molar-refractivity contribution in [2.75, 3.05) is 0 Å². The van der Waals surface area contributed by atoms with Gasteiger partial charge < -0.3 is 5.11 Å². The molecule has 0 aliphatic rings. The van der Waals surface area contributed by atoms with Gasteiger partial charge >= 0.3 is 5.97 Å². The molecule has 76 valence electrons. The van der Waals surface area contributed by atoms with Crippen LogP contribution in [0, 0.1) is 5.82 Å². The standard InChI is InChI=1S/C9H6FN3O2/c10-6-1-3-7(4-2-6)13-8(9(14)15)5-11-12-13/h1-5H,(H,14,15). The highest BCUT2D eigenvalue weighted by Crippen LogP contribution is 2.10. The number of halogens is 1. The van der Waals surface area contributed by atoms with Crippen molar-refractivity contribution in [3.8, 4) is 5.69 Å². The predicted octanol–water partition coefficient (Wildman–Crippen LogP) is 1.10. The molecule has 0 saturated carbocycles. The van der Waals surface area contributed by atoms with E-state index in [-0.39, 0.29) is 5.69 Å². The lowest BCUT2D eigenvalue weighted by Crippen LogP contribution is -2.07. The summed E-state index contributed by atoms with van der Waals surface area (Å²) in [5, 5.41) is 15.9. The number of hydrogen-bond acceptors (Lipinski definition) is 3. The Hall–Kier alpha value is -2.24. The fraction of sp³-hybridized carbons (Fsp3) is 0. The average molecular weight is 207 g/mol. The highest BCUT2D eigenvalue weighted by molar-refractivity contribution is 5.85. The first-order valence-electron chi connectivity index (χ1n) is 4.08. The molecule has 1 aromatic heterocycles. The van der Waals surface area contributed by atoms with E-state index in [4.69, 9.17) is 5.11 Å². The molecule has 0 radical (unpaired) electrons. The SMILES string of the molecule is O=C(O)c1cnnn1-c1ccc(F)cc1. The van der Waals surface area contributed by atoms with Crippen LogP contribution >= 0.6 is 0 Å². The summed E-state index contributed by atoms with van der Waals surface area (Å²) in [6.45, 7) is 0. The lowest BCUT2D eigenvalue weighted by molar-refractivity contribution is 0.0687. The van der Waals surface area contributed by atoms with Crippen LogP contribution in [-0.4, -0.2) is 26.1 Å². The molecule has 0 spiro atoms. The minimum Gasteiger partial charge on any atom is -0.476 e. The third-order valence-corrected chi connectivity index (χ3v) is 1.84. The zero-order valence-electron chi connectivity index (χ0n) is 7.46. The predicted molar refractivity (Wildman–Crippen MR) is 48.3 cm³/mol. The van der Waals surface area contributed by atoms with Crippen LogP contribution in [0.4, 0.5) is 4.39 Å². The van der Waals surface area contributed by atoms with Crippen LogP contribution in [0.1, 0.15) is 10.5 Å². The number of aromatic nitrogens is 3. The Bertz CT molecular complexity index is 492. The molecule has 0 saturated heterocycles. The van der Waals surface area contributed by atoms with Gasteiger partial charge in [-0.25, -0.2) is 13.9 Å². The van der Waals surface area contributed by atoms with E-state index < -0.39 is 11.8 Å². The Labute approximate surface area is 83.8 Å². The number of aromatic carboxylic acids is 1. The van der Waals surface area contributed by atoms with Crippen LogP contribution in [0.25, 0.3) is 5.69 Å². The second-order valence-electron chi connectivity index (χ2n) is 2.81. The Balaban J connectivity index is 2.49. The molecular weight excluding hydrogens is 201 g/mol. The molecule has 0 amide bonds. The van der Waals surface area contributed by atoms with Crippen molar-refractivity contribution in [1.82, 2.24) is 15.0 Å². The summed E-state index contributed by atoms with van der Waals surface area (Å²) >= 11 is 0. The molecule has 0 aliphatic heterocycles. The molecular formula is C9H6FN3O2. The summed E-state index contributed by atoms with van der Waals surface area (Å²) in [5.41, 5.74) is 0.382. The molecule has 15 heavy (non-hydrogen) atoms. The first-order valence-corrected chi connectivity index (χ1v) is 4.08. The van der Waals surface area contributed by atoms with Crippen LogP contribution in [0.3, 0.4) is 0 Å². The topological polar surface area (TPSA) is 68.0 Å². The van der Waals surface area contributed by atoms with Gasteiger partial charge in [0.15, 0.2) is 5.69 Å². The minimum absolute atomic E-state index is 0.0680. The second-order valence-corrected chi connectivity index (χ2v) is 2.81. The molecule has 0 fully saturated rings. The van der Waals surface area contributed by atoms with Gasteiger partial charge in [-0.3, -0.25) is 0 Å². The van der Waals surface area contributed by atoms with E-state index >= 15 is 0 Å². The van der Waals surface area contributed by atoms with Gasteiger partial charge in [0.1, 0.15) is 5.82 Å². The van der Waals surface area contributed by atoms with E-state index in [0.717, 1.165) is 10.9 Å². The minimum atomic E-state index is -1.13. The zero-order chi connectivity index (χ0) is 10.8. The van der Waals surface area contributed by atoms with E-state index in [9.17, 15) is 9.18 Å². The zero-order valence-corrected chi connectivity index (χ0v) is 7.46. The summed E-state index contributed by atoms with van der Waals surface area (Å²) in [6.07, 6.45) is 1.13. The molecule has 2 rings (SSSR count). The molecule has 0 atom stereocenters. The Kier molecular flexibility index (Phi) is 2.17. The number of hydrogen-bond donors (Lipinski definition) is 1. The maximum Gasteiger partial charge on any atom is 0.356 e. The number of rotatable bonds is 2. The van der Waals surface area contributed by atoms with Crippen molar-refractivity contribution < 1.29 is 14.3 Å². The highest BCUT2D eigenvalue weighted by atomic mass is 19.1. The molecule has 1 heterocycles. The van der Waals surface area contributed by atoms with Crippen LogP contribution in [-0.2, 0) is 0 Å². The fourth-order valence-electron chi connectivity index (χ4n) is 1.15. The quantitative estimate of drug-likeness (QED) is 0.800. The van der Waals surface area contributed by atoms with Gasteiger partial charge in [0.25, 0.3) is 0 Å². The van der Waals surface area contributed by atoms with Gasteiger partial charge in [-0.15, -0.1) is 5.10 Å². The van der Waals surface area contributed by atoms with E-state index in [1.807, 2.05) is 0 Å². The molecule has 1 aromatic carbocycles. The molecule has 0 unspecified atom stereocenters. The van der Waals surface area contributed by atoms with Gasteiger partial charge in [-0.2, -0.15) is 0 Å². The van der Waals surface area contributed by atoms with Gasteiger partial charge in [0, 0.05) is 0 Å². The van der Waals surface area contributed by atoms with E-state index in [1.165, 1.54) is 24.3 Å². The van der Waals surface area contributed by atoms with Crippen molar-refractivity contribution in [2.24, 2.45) is 0 Å². The van der Waals surface area contributed by atoms with E-state index in [2.05, 4.69) is 10.3 Å². The smallest absolute Gasteiger partial charge is 0.356 e. The fourth-order valence-corrected chi connectivity index (χ4v) is 1.15. The Morgan fingerprint density at radius 1 is 1.33 bits per heavy atom. The monoisotopic (exact) mass is 207 g/mol. The number of carbonyl (C=O) groups is 1. The van der Waals surface area contributed by atoms with Crippen LogP contribution in [0.15, 0.2) is 30.5 Å². The van der Waals surface area contributed by atoms with Crippen molar-refractivity contribution >= 4 is 5.97 Å². The normalized spacial score (nSPS) is 10.2. The molecule has 0 aliphatic carbocycles. The second kappa shape index (κ2) is 3.49. The lowest BCUT2D eigenvalue weighted by Gasteiger charge is -2.01. The van der Waals surface area contributed by atoms with Gasteiger partial charge in [0.05, 0.1) is 11.9 Å². The Morgan fingerprint density at radius 2 is 2.00 bits per heavy atom. The average Bonchev–Trinajstić information content (AvgIpc) is 2.67. The van der Waals surface area contributed by atoms with Crippen molar-refractivity contribution in [3.05, 3.63) is 42.0 Å². The number of benzene rings is 1. The first kappa shape index (κ1) is 9.32. The van der Waals surface area contributed by atoms with Gasteiger partial charge in [-0.05, 0) is 24.3 Å². The highest BCUT2D eigenvalue weighted by Gasteiger charge is 2.12. The largest absolute Gasteiger partial charge is 0.476 e. The molecule has 2 aromatic rings. The molecule has 0 bridgehead atoms. The van der Waals surface area contributed by atoms with E-state index in [1.54, 1.807) is 0 Å².